The van der Waals surface area contributed by atoms with Crippen molar-refractivity contribution in [3.05, 3.63) is 11.8 Å². The molecule has 1 atom stereocenters. The minimum absolute atomic E-state index is 0.114. The van der Waals surface area contributed by atoms with Crippen LogP contribution in [0.25, 0.3) is 0 Å². The quantitative estimate of drug-likeness (QED) is 0.640. The van der Waals surface area contributed by atoms with E-state index in [1.54, 1.807) is 13.0 Å². The fourth-order valence-electron chi connectivity index (χ4n) is 0.910. The number of rotatable bonds is 5. The van der Waals surface area contributed by atoms with Gasteiger partial charge < -0.3 is 5.32 Å². The van der Waals surface area contributed by atoms with Crippen molar-refractivity contribution >= 4 is 5.78 Å². The summed E-state index contributed by atoms with van der Waals surface area (Å²) in [6.45, 7) is 7.86. The van der Waals surface area contributed by atoms with Gasteiger partial charge in [0, 0.05) is 11.7 Å². The summed E-state index contributed by atoms with van der Waals surface area (Å²) in [7, 11) is 0. The summed E-state index contributed by atoms with van der Waals surface area (Å²) in [6.07, 6.45) is 3.64. The van der Waals surface area contributed by atoms with Crippen LogP contribution in [0, 0.1) is 0 Å². The smallest absolute Gasteiger partial charge is 0.154 e. The Hall–Kier alpha value is -0.790. The fourth-order valence-corrected chi connectivity index (χ4v) is 0.910. The maximum Gasteiger partial charge on any atom is 0.154 e. The van der Waals surface area contributed by atoms with Crippen LogP contribution in [0.2, 0.25) is 0 Å². The fraction of sp³-hybridized carbons (Fsp3) is 0.700. The van der Waals surface area contributed by atoms with E-state index in [1.807, 2.05) is 6.92 Å². The minimum atomic E-state index is 0.114. The van der Waals surface area contributed by atoms with Crippen molar-refractivity contribution < 1.29 is 4.79 Å². The van der Waals surface area contributed by atoms with Gasteiger partial charge in [-0.2, -0.15) is 0 Å². The lowest BCUT2D eigenvalue weighted by Crippen LogP contribution is -2.24. The Balaban J connectivity index is 4.08. The van der Waals surface area contributed by atoms with Gasteiger partial charge in [-0.15, -0.1) is 0 Å². The van der Waals surface area contributed by atoms with Crippen LogP contribution in [0.15, 0.2) is 11.8 Å². The average molecular weight is 169 g/mol. The van der Waals surface area contributed by atoms with Gasteiger partial charge in [0.05, 0.1) is 0 Å². The normalized spacial score (nSPS) is 14.2. The third-order valence-electron chi connectivity index (χ3n) is 1.80. The molecule has 0 aromatic heterocycles. The molecule has 0 spiro atoms. The predicted octanol–water partition coefficient (Wildman–Crippen LogP) is 2.26. The van der Waals surface area contributed by atoms with Crippen molar-refractivity contribution in [2.24, 2.45) is 0 Å². The van der Waals surface area contributed by atoms with Gasteiger partial charge in [0.1, 0.15) is 0 Å². The van der Waals surface area contributed by atoms with Crippen molar-refractivity contribution in [1.29, 1.82) is 0 Å². The molecule has 0 aliphatic heterocycles. The molecule has 1 N–H and O–H groups in total. The van der Waals surface area contributed by atoms with Crippen LogP contribution in [0.4, 0.5) is 0 Å². The zero-order valence-electron chi connectivity index (χ0n) is 8.48. The second-order valence-corrected chi connectivity index (χ2v) is 3.09. The van der Waals surface area contributed by atoms with Crippen LogP contribution >= 0.6 is 0 Å². The first-order chi connectivity index (χ1) is 5.60. The molecule has 2 heteroatoms. The molecule has 0 aliphatic rings. The van der Waals surface area contributed by atoms with E-state index in [1.165, 1.54) is 0 Å². The summed E-state index contributed by atoms with van der Waals surface area (Å²) >= 11 is 0. The Morgan fingerprint density at radius 1 is 1.50 bits per heavy atom. The highest BCUT2D eigenvalue weighted by Gasteiger charge is 2.00. The third kappa shape index (κ3) is 4.94. The highest BCUT2D eigenvalue weighted by molar-refractivity contribution is 5.87. The molecule has 70 valence electrons. The minimum Gasteiger partial charge on any atom is -0.386 e. The number of allylic oxidation sites excluding steroid dienone is 2. The molecular formula is C10H19NO. The zero-order valence-corrected chi connectivity index (χ0v) is 8.48. The molecule has 0 rings (SSSR count). The number of hydrogen-bond acceptors (Lipinski definition) is 2. The van der Waals surface area contributed by atoms with Gasteiger partial charge in [-0.1, -0.05) is 13.8 Å². The van der Waals surface area contributed by atoms with Crippen LogP contribution in [-0.4, -0.2) is 11.8 Å². The number of nitrogens with one attached hydrogen (secondary N) is 1. The molecule has 0 saturated heterocycles. The van der Waals surface area contributed by atoms with E-state index in [2.05, 4.69) is 19.2 Å². The summed E-state index contributed by atoms with van der Waals surface area (Å²) in [5, 5.41) is 3.29. The third-order valence-corrected chi connectivity index (χ3v) is 1.80. The second kappa shape index (κ2) is 5.81. The Labute approximate surface area is 75.0 Å². The molecule has 0 aliphatic carbocycles. The van der Waals surface area contributed by atoms with Gasteiger partial charge >= 0.3 is 0 Å². The average Bonchev–Trinajstić information content (AvgIpc) is 2.02. The van der Waals surface area contributed by atoms with E-state index in [-0.39, 0.29) is 5.78 Å². The van der Waals surface area contributed by atoms with Crippen LogP contribution in [-0.2, 0) is 4.79 Å². The van der Waals surface area contributed by atoms with Crippen LogP contribution < -0.4 is 5.32 Å². The lowest BCUT2D eigenvalue weighted by molar-refractivity contribution is -0.112. The summed E-state index contributed by atoms with van der Waals surface area (Å²) in [5.74, 6) is 0.114. The lowest BCUT2D eigenvalue weighted by Gasteiger charge is -2.14. The van der Waals surface area contributed by atoms with Crippen molar-refractivity contribution in [1.82, 2.24) is 5.32 Å². The lowest BCUT2D eigenvalue weighted by atomic mass is 10.2. The largest absolute Gasteiger partial charge is 0.386 e. The Kier molecular flexibility index (Phi) is 5.43. The summed E-state index contributed by atoms with van der Waals surface area (Å²) in [5.41, 5.74) is 1.04. The monoisotopic (exact) mass is 169 g/mol. The molecule has 0 heterocycles. The maximum absolute atomic E-state index is 10.8. The van der Waals surface area contributed by atoms with Crippen molar-refractivity contribution in [2.75, 3.05) is 0 Å². The van der Waals surface area contributed by atoms with Gasteiger partial charge in [0.25, 0.3) is 0 Å². The molecule has 0 aromatic rings. The molecule has 12 heavy (non-hydrogen) atoms. The number of carbonyl (C=O) groups excluding carboxylic acids is 1. The van der Waals surface area contributed by atoms with Gasteiger partial charge in [-0.3, -0.25) is 4.79 Å². The molecule has 0 radical (unpaired) electrons. The summed E-state index contributed by atoms with van der Waals surface area (Å²) in [4.78, 5) is 10.8. The second-order valence-electron chi connectivity index (χ2n) is 3.09. The van der Waals surface area contributed by atoms with Gasteiger partial charge in [0.15, 0.2) is 5.78 Å². The number of ketones is 1. The van der Waals surface area contributed by atoms with Crippen molar-refractivity contribution in [3.63, 3.8) is 0 Å². The number of hydrogen-bond donors (Lipinski definition) is 1. The first kappa shape index (κ1) is 11.2. The first-order valence-electron chi connectivity index (χ1n) is 4.57. The molecule has 0 saturated carbocycles. The maximum atomic E-state index is 10.8. The molecule has 0 aromatic carbocycles. The van der Waals surface area contributed by atoms with E-state index in [0.29, 0.717) is 6.04 Å². The Bertz CT molecular complexity index is 173. The van der Waals surface area contributed by atoms with E-state index in [9.17, 15) is 4.79 Å². The Morgan fingerprint density at radius 2 is 2.08 bits per heavy atom. The van der Waals surface area contributed by atoms with Crippen LogP contribution in [0.1, 0.15) is 40.5 Å². The van der Waals surface area contributed by atoms with E-state index in [4.69, 9.17) is 0 Å². The topological polar surface area (TPSA) is 29.1 Å². The van der Waals surface area contributed by atoms with Crippen molar-refractivity contribution in [3.8, 4) is 0 Å². The molecule has 0 amide bonds. The summed E-state index contributed by atoms with van der Waals surface area (Å²) < 4.78 is 0. The molecule has 2 nitrogen and oxygen atoms in total. The van der Waals surface area contributed by atoms with Crippen LogP contribution in [0.5, 0.6) is 0 Å². The zero-order chi connectivity index (χ0) is 9.56. The van der Waals surface area contributed by atoms with Gasteiger partial charge in [0.2, 0.25) is 0 Å². The van der Waals surface area contributed by atoms with E-state index in [0.717, 1.165) is 18.5 Å². The standard InChI is InChI=1S/C10H19NO/c1-5-8(3)11-10(6-2)7-9(4)12/h7-8,11H,5-6H2,1-4H3/b10-7-. The van der Waals surface area contributed by atoms with E-state index >= 15 is 0 Å². The van der Waals surface area contributed by atoms with Gasteiger partial charge in [-0.05, 0) is 32.8 Å². The first-order valence-corrected chi connectivity index (χ1v) is 4.57. The Morgan fingerprint density at radius 3 is 2.42 bits per heavy atom. The predicted molar refractivity (Wildman–Crippen MR) is 51.9 cm³/mol. The van der Waals surface area contributed by atoms with Crippen LogP contribution in [0.3, 0.4) is 0 Å². The van der Waals surface area contributed by atoms with Crippen molar-refractivity contribution in [2.45, 2.75) is 46.6 Å². The SMILES string of the molecule is CC/C(=C/C(C)=O)NC(C)CC. The highest BCUT2D eigenvalue weighted by atomic mass is 16.1. The molecule has 1 unspecified atom stereocenters. The molecular weight excluding hydrogens is 150 g/mol. The highest BCUT2D eigenvalue weighted by Crippen LogP contribution is 2.00. The van der Waals surface area contributed by atoms with Gasteiger partial charge in [-0.25, -0.2) is 0 Å². The molecule has 0 fully saturated rings. The number of carbonyl (C=O) groups is 1. The summed E-state index contributed by atoms with van der Waals surface area (Å²) in [6, 6.07) is 0.454. The van der Waals surface area contributed by atoms with E-state index < -0.39 is 0 Å². The molecule has 0 bridgehead atoms.